The van der Waals surface area contributed by atoms with Crippen LogP contribution in [0.1, 0.15) is 0 Å². The van der Waals surface area contributed by atoms with Crippen LogP contribution in [0.3, 0.4) is 0 Å². The zero-order chi connectivity index (χ0) is 25.9. The molecule has 0 radical (unpaired) electrons. The van der Waals surface area contributed by atoms with Crippen molar-refractivity contribution in [2.24, 2.45) is 0 Å². The van der Waals surface area contributed by atoms with Gasteiger partial charge in [-0.15, -0.1) is 0 Å². The summed E-state index contributed by atoms with van der Waals surface area (Å²) in [6.45, 7) is 4.74. The second-order valence-corrected chi connectivity index (χ2v) is 20.7. The van der Waals surface area contributed by atoms with Gasteiger partial charge in [0, 0.05) is 27.1 Å². The first-order valence-corrected chi connectivity index (χ1v) is 18.3. The van der Waals surface area contributed by atoms with Gasteiger partial charge in [0.25, 0.3) is 0 Å². The van der Waals surface area contributed by atoms with Gasteiger partial charge in [-0.05, 0) is 45.7 Å². The van der Waals surface area contributed by atoms with Crippen molar-refractivity contribution in [3.05, 3.63) is 121 Å². The van der Waals surface area contributed by atoms with Crippen molar-refractivity contribution in [2.45, 2.75) is 0 Å². The lowest BCUT2D eigenvalue weighted by molar-refractivity contribution is 1.53. The van der Waals surface area contributed by atoms with E-state index in [2.05, 4.69) is 157 Å². The van der Waals surface area contributed by atoms with Crippen LogP contribution in [0.4, 0.5) is 0 Å². The standard InChI is InChI=1S/C35H26INP/c1-38(2,36)28-14-8-12-26(22-28)25-11-7-13-27(21-25)33-31-19-17-23-9-3-5-15-29(23)34(31)37-35-30-16-6-4-10-24(30)18-20-32(33)35/h3-22H,1-2H3/q+1. The minimum Gasteiger partial charge on any atom is -0.246 e. The Morgan fingerprint density at radius 1 is 0.500 bits per heavy atom. The summed E-state index contributed by atoms with van der Waals surface area (Å²) >= 11 is 2.63. The summed E-state index contributed by atoms with van der Waals surface area (Å²) in [6.07, 6.45) is 0. The molecule has 1 nitrogen and oxygen atoms in total. The Kier molecular flexibility index (Phi) is 5.72. The molecule has 0 atom stereocenters. The molecule has 182 valence electrons. The molecule has 0 bridgehead atoms. The molecule has 1 aromatic heterocycles. The first-order valence-electron chi connectivity index (χ1n) is 12.9. The Bertz CT molecular complexity index is 1930. The van der Waals surface area contributed by atoms with Gasteiger partial charge in [-0.2, -0.15) is 0 Å². The van der Waals surface area contributed by atoms with E-state index in [1.165, 1.54) is 59.9 Å². The van der Waals surface area contributed by atoms with E-state index in [1.807, 2.05) is 0 Å². The predicted octanol–water partition coefficient (Wildman–Crippen LogP) is 10.3. The third-order valence-electron chi connectivity index (χ3n) is 7.51. The minimum absolute atomic E-state index is 1.06. The summed E-state index contributed by atoms with van der Waals surface area (Å²) in [5, 5.41) is 8.64. The molecular formula is C35H26INP+. The highest BCUT2D eigenvalue weighted by molar-refractivity contribution is 14.2. The van der Waals surface area contributed by atoms with Crippen LogP contribution in [-0.2, 0) is 0 Å². The van der Waals surface area contributed by atoms with Gasteiger partial charge in [0.15, 0.2) is 22.0 Å². The topological polar surface area (TPSA) is 12.9 Å². The number of nitrogens with zero attached hydrogens (tertiary/aromatic N) is 1. The third-order valence-corrected chi connectivity index (χ3v) is 10.7. The van der Waals surface area contributed by atoms with Crippen molar-refractivity contribution in [2.75, 3.05) is 13.3 Å². The number of pyridine rings is 1. The fourth-order valence-electron chi connectivity index (χ4n) is 5.59. The average molecular weight is 618 g/mol. The molecular weight excluding hydrogens is 592 g/mol. The van der Waals surface area contributed by atoms with Crippen LogP contribution in [-0.4, -0.2) is 18.3 Å². The Morgan fingerprint density at radius 3 is 1.63 bits per heavy atom. The Balaban J connectivity index is 1.56. The van der Waals surface area contributed by atoms with E-state index < -0.39 is 4.90 Å². The Labute approximate surface area is 236 Å². The van der Waals surface area contributed by atoms with E-state index in [0.29, 0.717) is 0 Å². The molecule has 7 aromatic rings. The smallest absolute Gasteiger partial charge is 0.160 e. The number of hydrogen-bond donors (Lipinski definition) is 0. The molecule has 0 aliphatic rings. The highest BCUT2D eigenvalue weighted by atomic mass is 127. The lowest BCUT2D eigenvalue weighted by Crippen LogP contribution is -2.03. The van der Waals surface area contributed by atoms with E-state index in [1.54, 1.807) is 0 Å². The van der Waals surface area contributed by atoms with Crippen molar-refractivity contribution in [1.82, 2.24) is 4.98 Å². The van der Waals surface area contributed by atoms with Crippen LogP contribution in [0.15, 0.2) is 121 Å². The lowest BCUT2D eigenvalue weighted by atomic mass is 9.91. The number of hydrogen-bond acceptors (Lipinski definition) is 1. The largest absolute Gasteiger partial charge is 0.246 e. The SMILES string of the molecule is C[P+](C)(I)c1cccc(-c2cccc(-c3c4ccc5ccccc5c4nc4c3ccc3ccccc34)c2)c1. The molecule has 0 spiro atoms. The highest BCUT2D eigenvalue weighted by Gasteiger charge is 2.25. The van der Waals surface area contributed by atoms with Gasteiger partial charge in [-0.3, -0.25) is 0 Å². The summed E-state index contributed by atoms with van der Waals surface area (Å²) < 4.78 is 0. The maximum Gasteiger partial charge on any atom is 0.160 e. The Morgan fingerprint density at radius 2 is 1.03 bits per heavy atom. The van der Waals surface area contributed by atoms with Crippen molar-refractivity contribution in [1.29, 1.82) is 0 Å². The second-order valence-electron chi connectivity index (χ2n) is 10.3. The number of benzene rings is 6. The zero-order valence-electron chi connectivity index (χ0n) is 21.3. The minimum atomic E-state index is -1.14. The monoisotopic (exact) mass is 618 g/mol. The molecule has 0 unspecified atom stereocenters. The number of halogens is 1. The van der Waals surface area contributed by atoms with Crippen LogP contribution in [0, 0.1) is 0 Å². The van der Waals surface area contributed by atoms with E-state index in [-0.39, 0.29) is 0 Å². The fraction of sp³-hybridized carbons (Fsp3) is 0.0571. The van der Waals surface area contributed by atoms with Gasteiger partial charge in [0.1, 0.15) is 10.2 Å². The van der Waals surface area contributed by atoms with Gasteiger partial charge < -0.3 is 0 Å². The number of fused-ring (bicyclic) bond motifs is 6. The van der Waals surface area contributed by atoms with Crippen LogP contribution < -0.4 is 5.30 Å². The van der Waals surface area contributed by atoms with Crippen LogP contribution in [0.5, 0.6) is 0 Å². The molecule has 6 aromatic carbocycles. The van der Waals surface area contributed by atoms with Crippen LogP contribution in [0.25, 0.3) is 65.6 Å². The maximum absolute atomic E-state index is 5.34. The zero-order valence-corrected chi connectivity index (χ0v) is 24.4. The summed E-state index contributed by atoms with van der Waals surface area (Å²) in [7, 11) is 0. The molecule has 0 saturated heterocycles. The molecule has 3 heteroatoms. The molecule has 0 N–H and O–H groups in total. The molecule has 0 amide bonds. The Hall–Kier alpha value is -3.33. The normalized spacial score (nSPS) is 12.1. The fourth-order valence-corrected chi connectivity index (χ4v) is 7.38. The first kappa shape index (κ1) is 23.8. The van der Waals surface area contributed by atoms with Crippen LogP contribution >= 0.6 is 26.9 Å². The molecule has 7 rings (SSSR count). The maximum atomic E-state index is 5.34. The molecule has 0 aliphatic heterocycles. The molecule has 0 fully saturated rings. The molecule has 0 aliphatic carbocycles. The molecule has 1 heterocycles. The van der Waals surface area contributed by atoms with Crippen molar-refractivity contribution < 1.29 is 0 Å². The summed E-state index contributed by atoms with van der Waals surface area (Å²) in [5.41, 5.74) is 7.11. The van der Waals surface area contributed by atoms with Gasteiger partial charge in [0.2, 0.25) is 0 Å². The van der Waals surface area contributed by atoms with E-state index in [9.17, 15) is 0 Å². The molecule has 38 heavy (non-hydrogen) atoms. The van der Waals surface area contributed by atoms with Crippen molar-refractivity contribution in [3.8, 4) is 22.3 Å². The highest BCUT2D eigenvalue weighted by Crippen LogP contribution is 2.58. The first-order chi connectivity index (χ1) is 18.5. The van der Waals surface area contributed by atoms with Gasteiger partial charge in [-0.25, -0.2) is 4.98 Å². The number of rotatable bonds is 3. The summed E-state index contributed by atoms with van der Waals surface area (Å²) in [5.74, 6) is 0. The molecule has 0 saturated carbocycles. The van der Waals surface area contributed by atoms with E-state index >= 15 is 0 Å². The summed E-state index contributed by atoms with van der Waals surface area (Å²) in [6, 6.07) is 44.3. The quantitative estimate of drug-likeness (QED) is 0.0831. The second kappa shape index (κ2) is 9.15. The van der Waals surface area contributed by atoms with Gasteiger partial charge in [0.05, 0.1) is 24.4 Å². The lowest BCUT2D eigenvalue weighted by Gasteiger charge is -2.16. The third kappa shape index (κ3) is 3.99. The van der Waals surface area contributed by atoms with Crippen molar-refractivity contribution >= 4 is 75.6 Å². The van der Waals surface area contributed by atoms with Gasteiger partial charge in [-0.1, -0.05) is 103 Å². The predicted molar refractivity (Wildman–Crippen MR) is 178 cm³/mol. The van der Waals surface area contributed by atoms with E-state index in [4.69, 9.17) is 4.98 Å². The summed E-state index contributed by atoms with van der Waals surface area (Å²) in [4.78, 5) is 4.21. The van der Waals surface area contributed by atoms with Crippen molar-refractivity contribution in [3.63, 3.8) is 0 Å². The number of aromatic nitrogens is 1. The average Bonchev–Trinajstić information content (AvgIpc) is 2.95. The van der Waals surface area contributed by atoms with Gasteiger partial charge >= 0.3 is 0 Å². The van der Waals surface area contributed by atoms with E-state index in [0.717, 1.165) is 11.0 Å². The van der Waals surface area contributed by atoms with Crippen LogP contribution in [0.2, 0.25) is 0 Å².